The first-order valence-corrected chi connectivity index (χ1v) is 9.53. The smallest absolute Gasteiger partial charge is 0.247 e. The second kappa shape index (κ2) is 7.71. The molecule has 0 saturated heterocycles. The number of aromatic nitrogens is 4. The van der Waals surface area contributed by atoms with Crippen LogP contribution in [0, 0.1) is 19.7 Å². The Bertz CT molecular complexity index is 1170. The first-order valence-electron chi connectivity index (χ1n) is 9.53. The molecule has 0 saturated carbocycles. The van der Waals surface area contributed by atoms with Gasteiger partial charge < -0.3 is 19.6 Å². The minimum Gasteiger partial charge on any atom is -0.492 e. The first-order chi connectivity index (χ1) is 13.9. The van der Waals surface area contributed by atoms with Crippen LogP contribution >= 0.6 is 0 Å². The molecule has 8 heteroatoms. The van der Waals surface area contributed by atoms with Crippen LogP contribution in [0.3, 0.4) is 0 Å². The van der Waals surface area contributed by atoms with Crippen molar-refractivity contribution in [2.45, 2.75) is 39.7 Å². The van der Waals surface area contributed by atoms with Gasteiger partial charge in [-0.2, -0.15) is 10.1 Å². The van der Waals surface area contributed by atoms with Crippen LogP contribution in [0.5, 0.6) is 17.4 Å². The molecular formula is C21H23FN4O3. The van der Waals surface area contributed by atoms with E-state index < -0.39 is 5.82 Å². The maximum absolute atomic E-state index is 14.9. The van der Waals surface area contributed by atoms with E-state index in [1.807, 2.05) is 13.8 Å². The van der Waals surface area contributed by atoms with Gasteiger partial charge in [0, 0.05) is 22.2 Å². The second-order valence-electron chi connectivity index (χ2n) is 7.21. The minimum atomic E-state index is -0.442. The summed E-state index contributed by atoms with van der Waals surface area (Å²) < 4.78 is 28.2. The number of nitrogens with zero attached hydrogens (tertiary/aromatic N) is 3. The number of halogens is 1. The number of fused-ring (bicyclic) bond motifs is 2. The van der Waals surface area contributed by atoms with Crippen molar-refractivity contribution in [3.63, 3.8) is 0 Å². The van der Waals surface area contributed by atoms with E-state index in [0.29, 0.717) is 35.2 Å². The fraction of sp³-hybridized carbons (Fsp3) is 0.333. The number of benzene rings is 1. The maximum atomic E-state index is 14.9. The predicted molar refractivity (Wildman–Crippen MR) is 107 cm³/mol. The highest BCUT2D eigenvalue weighted by molar-refractivity contribution is 5.83. The van der Waals surface area contributed by atoms with Gasteiger partial charge in [0.25, 0.3) is 0 Å². The van der Waals surface area contributed by atoms with E-state index in [1.54, 1.807) is 35.8 Å². The zero-order valence-electron chi connectivity index (χ0n) is 16.6. The summed E-state index contributed by atoms with van der Waals surface area (Å²) in [7, 11) is 0. The molecule has 4 aromatic rings. The third-order valence-corrected chi connectivity index (χ3v) is 4.81. The standard InChI is InChI=1S/C21H23FN4O3/c1-12-9-15-16(25-12)6-7-17(19(15)22)29-21-20-14(3)18(10-26(20)24-11-23-21)28-8-4-5-13(2)27/h6-7,9-11,13,25,27H,4-5,8H2,1-3H3. The van der Waals surface area contributed by atoms with Crippen LogP contribution in [0.25, 0.3) is 16.4 Å². The molecule has 3 aromatic heterocycles. The lowest BCUT2D eigenvalue weighted by Crippen LogP contribution is -2.04. The van der Waals surface area contributed by atoms with Gasteiger partial charge in [0.1, 0.15) is 17.6 Å². The fourth-order valence-electron chi connectivity index (χ4n) is 3.36. The van der Waals surface area contributed by atoms with E-state index in [4.69, 9.17) is 9.47 Å². The molecule has 0 aliphatic rings. The van der Waals surface area contributed by atoms with Crippen LogP contribution in [0.1, 0.15) is 31.0 Å². The van der Waals surface area contributed by atoms with E-state index >= 15 is 0 Å². The van der Waals surface area contributed by atoms with Crippen molar-refractivity contribution in [2.24, 2.45) is 0 Å². The summed E-state index contributed by atoms with van der Waals surface area (Å²) in [5.74, 6) is 0.555. The third-order valence-electron chi connectivity index (χ3n) is 4.81. The highest BCUT2D eigenvalue weighted by Gasteiger charge is 2.18. The van der Waals surface area contributed by atoms with Crippen molar-refractivity contribution in [3.05, 3.63) is 47.8 Å². The van der Waals surface area contributed by atoms with Gasteiger partial charge >= 0.3 is 0 Å². The van der Waals surface area contributed by atoms with E-state index in [1.165, 1.54) is 6.33 Å². The van der Waals surface area contributed by atoms with E-state index in [-0.39, 0.29) is 17.7 Å². The number of hydrogen-bond acceptors (Lipinski definition) is 5. The SMILES string of the molecule is Cc1cc2c(F)c(Oc3ncnn4cc(OCCCC(C)O)c(C)c34)ccc2[nH]1. The minimum absolute atomic E-state index is 0.0945. The number of aliphatic hydroxyl groups excluding tert-OH is 1. The summed E-state index contributed by atoms with van der Waals surface area (Å²) in [5.41, 5.74) is 3.01. The third kappa shape index (κ3) is 3.75. The van der Waals surface area contributed by atoms with Gasteiger partial charge in [-0.15, -0.1) is 0 Å². The highest BCUT2D eigenvalue weighted by atomic mass is 19.1. The molecule has 0 spiro atoms. The Kier molecular flexibility index (Phi) is 5.10. The Morgan fingerprint density at radius 3 is 2.90 bits per heavy atom. The second-order valence-corrected chi connectivity index (χ2v) is 7.21. The Balaban J connectivity index is 1.63. The number of hydrogen-bond donors (Lipinski definition) is 2. The van der Waals surface area contributed by atoms with Gasteiger partial charge in [-0.1, -0.05) is 0 Å². The number of aliphatic hydroxyl groups is 1. The summed E-state index contributed by atoms with van der Waals surface area (Å²) in [5, 5.41) is 14.0. The van der Waals surface area contributed by atoms with Crippen LogP contribution in [0.4, 0.5) is 4.39 Å². The monoisotopic (exact) mass is 398 g/mol. The number of aromatic amines is 1. The predicted octanol–water partition coefficient (Wildman–Crippen LogP) is 4.30. The Labute approximate surface area is 167 Å². The Morgan fingerprint density at radius 1 is 1.28 bits per heavy atom. The van der Waals surface area contributed by atoms with Crippen LogP contribution in [0.15, 0.2) is 30.7 Å². The van der Waals surface area contributed by atoms with Crippen LogP contribution < -0.4 is 9.47 Å². The van der Waals surface area contributed by atoms with Crippen LogP contribution in [-0.4, -0.2) is 37.4 Å². The molecule has 1 atom stereocenters. The molecule has 0 bridgehead atoms. The molecule has 2 N–H and O–H groups in total. The van der Waals surface area contributed by atoms with E-state index in [0.717, 1.165) is 17.7 Å². The summed E-state index contributed by atoms with van der Waals surface area (Å²) in [6.45, 7) is 5.98. The lowest BCUT2D eigenvalue weighted by molar-refractivity contribution is 0.170. The number of H-pyrrole nitrogens is 1. The molecule has 4 rings (SSSR count). The average Bonchev–Trinajstić information content (AvgIpc) is 3.22. The summed E-state index contributed by atoms with van der Waals surface area (Å²) in [4.78, 5) is 7.31. The van der Waals surface area contributed by atoms with Crippen molar-refractivity contribution in [2.75, 3.05) is 6.61 Å². The maximum Gasteiger partial charge on any atom is 0.247 e. The van der Waals surface area contributed by atoms with E-state index in [2.05, 4.69) is 15.1 Å². The van der Waals surface area contributed by atoms with Gasteiger partial charge in [0.2, 0.25) is 5.88 Å². The number of rotatable bonds is 7. The molecule has 3 heterocycles. The zero-order valence-corrected chi connectivity index (χ0v) is 16.6. The molecule has 29 heavy (non-hydrogen) atoms. The average molecular weight is 398 g/mol. The topological polar surface area (TPSA) is 84.7 Å². The van der Waals surface area contributed by atoms with Crippen molar-refractivity contribution in [1.29, 1.82) is 0 Å². The molecular weight excluding hydrogens is 375 g/mol. The van der Waals surface area contributed by atoms with Gasteiger partial charge in [0.05, 0.1) is 18.9 Å². The molecule has 0 aliphatic heterocycles. The molecule has 7 nitrogen and oxygen atoms in total. The Hall–Kier alpha value is -3.13. The number of ether oxygens (including phenoxy) is 2. The van der Waals surface area contributed by atoms with Crippen LogP contribution in [-0.2, 0) is 0 Å². The molecule has 0 amide bonds. The summed E-state index contributed by atoms with van der Waals surface area (Å²) in [6.07, 6.45) is 4.15. The quantitative estimate of drug-likeness (QED) is 0.454. The van der Waals surface area contributed by atoms with Crippen LogP contribution in [0.2, 0.25) is 0 Å². The highest BCUT2D eigenvalue weighted by Crippen LogP contribution is 2.34. The lowest BCUT2D eigenvalue weighted by Gasteiger charge is -2.08. The molecule has 0 aliphatic carbocycles. The van der Waals surface area contributed by atoms with Gasteiger partial charge in [-0.05, 0) is 51.8 Å². The number of nitrogens with one attached hydrogen (secondary N) is 1. The lowest BCUT2D eigenvalue weighted by atomic mass is 10.2. The summed E-state index contributed by atoms with van der Waals surface area (Å²) >= 11 is 0. The number of aryl methyl sites for hydroxylation is 2. The van der Waals surface area contributed by atoms with E-state index in [9.17, 15) is 9.50 Å². The van der Waals surface area contributed by atoms with Crippen molar-refractivity contribution >= 4 is 16.4 Å². The Morgan fingerprint density at radius 2 is 2.10 bits per heavy atom. The largest absolute Gasteiger partial charge is 0.492 e. The van der Waals surface area contributed by atoms with Gasteiger partial charge in [-0.25, -0.2) is 8.91 Å². The van der Waals surface area contributed by atoms with Crippen molar-refractivity contribution < 1.29 is 19.0 Å². The first kappa shape index (κ1) is 19.2. The normalized spacial score (nSPS) is 12.6. The zero-order chi connectivity index (χ0) is 20.5. The van der Waals surface area contributed by atoms with Gasteiger partial charge in [-0.3, -0.25) is 0 Å². The van der Waals surface area contributed by atoms with Crippen molar-refractivity contribution in [1.82, 2.24) is 19.6 Å². The van der Waals surface area contributed by atoms with Gasteiger partial charge in [0.15, 0.2) is 11.6 Å². The summed E-state index contributed by atoms with van der Waals surface area (Å²) in [6, 6.07) is 5.10. The fourth-order valence-corrected chi connectivity index (χ4v) is 3.36. The van der Waals surface area contributed by atoms with Crippen molar-refractivity contribution in [3.8, 4) is 17.4 Å². The molecule has 152 valence electrons. The molecule has 0 fully saturated rings. The molecule has 0 radical (unpaired) electrons. The molecule has 1 unspecified atom stereocenters. The molecule has 1 aromatic carbocycles.